The van der Waals surface area contributed by atoms with Crippen LogP contribution in [-0.4, -0.2) is 47.5 Å². The third-order valence-electron chi connectivity index (χ3n) is 3.60. The molecule has 1 aromatic rings. The van der Waals surface area contributed by atoms with Gasteiger partial charge in [-0.05, 0) is 11.6 Å². The maximum Gasteiger partial charge on any atom is 0.166 e. The van der Waals surface area contributed by atoms with Gasteiger partial charge in [0.05, 0.1) is 0 Å². The molecule has 0 amide bonds. The van der Waals surface area contributed by atoms with Crippen LogP contribution in [-0.2, 0) is 16.4 Å². The monoisotopic (exact) mass is 344 g/mol. The van der Waals surface area contributed by atoms with Crippen molar-refractivity contribution in [2.24, 2.45) is 5.73 Å². The lowest BCUT2D eigenvalue weighted by molar-refractivity contribution is 0.261. The number of hydrogen-bond donors (Lipinski definition) is 1. The molecule has 0 radical (unpaired) electrons. The number of rotatable bonds is 5. The van der Waals surface area contributed by atoms with Crippen molar-refractivity contribution in [2.45, 2.75) is 18.8 Å². The van der Waals surface area contributed by atoms with E-state index < -0.39 is 15.2 Å². The van der Waals surface area contributed by atoms with Crippen molar-refractivity contribution in [2.75, 3.05) is 23.8 Å². The van der Waals surface area contributed by atoms with E-state index in [0.29, 0.717) is 17.3 Å². The first-order valence-corrected chi connectivity index (χ1v) is 10.1. The van der Waals surface area contributed by atoms with Crippen molar-refractivity contribution in [1.82, 2.24) is 4.90 Å². The molecule has 2 N–H and O–H groups in total. The molecule has 116 valence electrons. The Morgan fingerprint density at radius 1 is 1.52 bits per heavy atom. The molecular formula is C14H20N2O2S3. The summed E-state index contributed by atoms with van der Waals surface area (Å²) in [6.45, 7) is 3.10. The van der Waals surface area contributed by atoms with Gasteiger partial charge in [0.1, 0.15) is 10.4 Å². The zero-order valence-corrected chi connectivity index (χ0v) is 14.4. The Balaban J connectivity index is 2.20. The summed E-state index contributed by atoms with van der Waals surface area (Å²) in [7, 11) is -3.06. The molecule has 0 spiro atoms. The van der Waals surface area contributed by atoms with Gasteiger partial charge in [-0.15, -0.1) is 0 Å². The summed E-state index contributed by atoms with van der Waals surface area (Å²) in [5.74, 6) is 1.79. The van der Waals surface area contributed by atoms with Gasteiger partial charge in [0.2, 0.25) is 0 Å². The molecule has 0 saturated carbocycles. The quantitative estimate of drug-likeness (QED) is 0.819. The summed E-state index contributed by atoms with van der Waals surface area (Å²) in [6.07, 6.45) is 0. The fraction of sp³-hybridized carbons (Fsp3) is 0.500. The van der Waals surface area contributed by atoms with Crippen LogP contribution in [0.5, 0.6) is 0 Å². The molecule has 1 aliphatic rings. The molecule has 1 heterocycles. The largest absolute Gasteiger partial charge is 0.389 e. The van der Waals surface area contributed by atoms with Gasteiger partial charge in [-0.2, -0.15) is 11.8 Å². The van der Waals surface area contributed by atoms with E-state index in [4.69, 9.17) is 18.0 Å². The fourth-order valence-corrected chi connectivity index (χ4v) is 5.58. The molecule has 1 fully saturated rings. The van der Waals surface area contributed by atoms with Crippen molar-refractivity contribution in [1.29, 1.82) is 0 Å². The highest BCUT2D eigenvalue weighted by Crippen LogP contribution is 2.23. The van der Waals surface area contributed by atoms with Crippen LogP contribution in [0.3, 0.4) is 0 Å². The number of nitrogens with zero attached hydrogens (tertiary/aromatic N) is 1. The predicted molar refractivity (Wildman–Crippen MR) is 93.3 cm³/mol. The number of thiocarbonyl (C=S) groups is 1. The highest BCUT2D eigenvalue weighted by atomic mass is 32.2. The Kier molecular flexibility index (Phi) is 5.65. The van der Waals surface area contributed by atoms with Crippen LogP contribution in [0.25, 0.3) is 0 Å². The van der Waals surface area contributed by atoms with E-state index in [1.807, 2.05) is 29.2 Å². The highest BCUT2D eigenvalue weighted by molar-refractivity contribution is 8.01. The average Bonchev–Trinajstić information content (AvgIpc) is 2.48. The minimum atomic E-state index is -3.06. The minimum absolute atomic E-state index is 0.182. The molecule has 21 heavy (non-hydrogen) atoms. The molecule has 4 nitrogen and oxygen atoms in total. The van der Waals surface area contributed by atoms with Crippen LogP contribution in [0.15, 0.2) is 24.3 Å². The Labute approximate surface area is 136 Å². The molecule has 1 saturated heterocycles. The summed E-state index contributed by atoms with van der Waals surface area (Å²) in [5, 5.41) is -0.394. The van der Waals surface area contributed by atoms with Gasteiger partial charge >= 0.3 is 0 Å². The van der Waals surface area contributed by atoms with Gasteiger partial charge in [-0.3, -0.25) is 4.90 Å². The van der Waals surface area contributed by atoms with E-state index >= 15 is 0 Å². The Morgan fingerprint density at radius 3 is 2.95 bits per heavy atom. The van der Waals surface area contributed by atoms with E-state index in [0.717, 1.165) is 23.4 Å². The van der Waals surface area contributed by atoms with Crippen LogP contribution in [0.1, 0.15) is 18.1 Å². The molecule has 2 rings (SSSR count). The number of sulfone groups is 1. The molecule has 0 aromatic heterocycles. The van der Waals surface area contributed by atoms with Crippen LogP contribution < -0.4 is 5.73 Å². The SMILES string of the molecule is CCS(=O)(=O)C1CSCCN1Cc1cccc(C(N)=S)c1. The van der Waals surface area contributed by atoms with Crippen molar-refractivity contribution in [3.8, 4) is 0 Å². The summed E-state index contributed by atoms with van der Waals surface area (Å²) in [5.41, 5.74) is 7.52. The second-order valence-electron chi connectivity index (χ2n) is 5.02. The molecule has 1 aromatic carbocycles. The van der Waals surface area contributed by atoms with Gasteiger partial charge in [0.15, 0.2) is 9.84 Å². The lowest BCUT2D eigenvalue weighted by Gasteiger charge is -2.34. The zero-order chi connectivity index (χ0) is 15.5. The highest BCUT2D eigenvalue weighted by Gasteiger charge is 2.32. The van der Waals surface area contributed by atoms with Crippen LogP contribution in [0, 0.1) is 0 Å². The van der Waals surface area contributed by atoms with E-state index in [1.54, 1.807) is 18.7 Å². The first kappa shape index (κ1) is 16.7. The van der Waals surface area contributed by atoms with Crippen molar-refractivity contribution in [3.63, 3.8) is 0 Å². The number of nitrogens with two attached hydrogens (primary N) is 1. The lowest BCUT2D eigenvalue weighted by atomic mass is 10.1. The Bertz CT molecular complexity index is 616. The molecule has 0 aliphatic carbocycles. The summed E-state index contributed by atoms with van der Waals surface area (Å²) < 4.78 is 24.5. The second-order valence-corrected chi connectivity index (χ2v) is 9.05. The first-order chi connectivity index (χ1) is 9.94. The maximum atomic E-state index is 12.2. The van der Waals surface area contributed by atoms with E-state index in [-0.39, 0.29) is 5.75 Å². The molecule has 0 bridgehead atoms. The van der Waals surface area contributed by atoms with E-state index in [1.165, 1.54) is 0 Å². The molecule has 1 atom stereocenters. The maximum absolute atomic E-state index is 12.2. The van der Waals surface area contributed by atoms with Gasteiger partial charge < -0.3 is 5.73 Å². The molecular weight excluding hydrogens is 324 g/mol. The van der Waals surface area contributed by atoms with E-state index in [2.05, 4.69) is 0 Å². The number of hydrogen-bond acceptors (Lipinski definition) is 5. The Morgan fingerprint density at radius 2 is 2.29 bits per heavy atom. The molecule has 7 heteroatoms. The second kappa shape index (κ2) is 7.09. The van der Waals surface area contributed by atoms with Crippen molar-refractivity contribution >= 4 is 38.8 Å². The first-order valence-electron chi connectivity index (χ1n) is 6.86. The number of thioether (sulfide) groups is 1. The lowest BCUT2D eigenvalue weighted by Crippen LogP contribution is -2.47. The van der Waals surface area contributed by atoms with Crippen LogP contribution in [0.4, 0.5) is 0 Å². The normalized spacial score (nSPS) is 20.3. The fourth-order valence-electron chi connectivity index (χ4n) is 2.38. The van der Waals surface area contributed by atoms with Crippen molar-refractivity contribution < 1.29 is 8.42 Å². The predicted octanol–water partition coefficient (Wildman–Crippen LogP) is 1.63. The molecule has 1 aliphatic heterocycles. The van der Waals surface area contributed by atoms with Crippen LogP contribution in [0.2, 0.25) is 0 Å². The summed E-state index contributed by atoms with van der Waals surface area (Å²) in [4.78, 5) is 2.41. The minimum Gasteiger partial charge on any atom is -0.389 e. The zero-order valence-electron chi connectivity index (χ0n) is 12.0. The van der Waals surface area contributed by atoms with Gasteiger partial charge in [0.25, 0.3) is 0 Å². The van der Waals surface area contributed by atoms with Gasteiger partial charge in [-0.1, -0.05) is 37.3 Å². The van der Waals surface area contributed by atoms with Crippen LogP contribution >= 0.6 is 24.0 Å². The summed E-state index contributed by atoms with van der Waals surface area (Å²) in [6, 6.07) is 7.71. The Hall–Kier alpha value is -0.630. The third-order valence-corrected chi connectivity index (χ3v) is 7.17. The third kappa shape index (κ3) is 4.18. The standard InChI is InChI=1S/C14H20N2O2S3/c1-2-21(17,18)13-10-20-7-6-16(13)9-11-4-3-5-12(8-11)14(15)19/h3-5,8,13H,2,6-7,9-10H2,1H3,(H2,15,19). The van der Waals surface area contributed by atoms with Gasteiger partial charge in [-0.25, -0.2) is 8.42 Å². The van der Waals surface area contributed by atoms with E-state index in [9.17, 15) is 8.42 Å². The topological polar surface area (TPSA) is 63.4 Å². The smallest absolute Gasteiger partial charge is 0.166 e. The molecule has 1 unspecified atom stereocenters. The summed E-state index contributed by atoms with van der Waals surface area (Å²) >= 11 is 6.70. The van der Waals surface area contributed by atoms with Crippen molar-refractivity contribution in [3.05, 3.63) is 35.4 Å². The number of benzene rings is 1. The van der Waals surface area contributed by atoms with Gasteiger partial charge in [0, 0.05) is 35.9 Å². The average molecular weight is 345 g/mol.